The van der Waals surface area contributed by atoms with E-state index in [9.17, 15) is 13.2 Å². The number of nitrogens with zero attached hydrogens (tertiary/aromatic N) is 1. The standard InChI is InChI=1S/C14H25NO3S/c1-3-15(13-8-9-19(17,18)10-13)14(16)11(2)12-6-4-5-7-12/h11-13H,3-10H2,1-2H3. The van der Waals surface area contributed by atoms with Gasteiger partial charge in [0.1, 0.15) is 0 Å². The second kappa shape index (κ2) is 5.81. The van der Waals surface area contributed by atoms with Gasteiger partial charge < -0.3 is 4.90 Å². The molecule has 2 atom stereocenters. The third-order valence-electron chi connectivity index (χ3n) is 4.77. The van der Waals surface area contributed by atoms with E-state index < -0.39 is 9.84 Å². The zero-order chi connectivity index (χ0) is 14.0. The molecular weight excluding hydrogens is 262 g/mol. The van der Waals surface area contributed by atoms with Crippen LogP contribution in [-0.2, 0) is 14.6 Å². The van der Waals surface area contributed by atoms with Crippen molar-refractivity contribution < 1.29 is 13.2 Å². The average molecular weight is 287 g/mol. The molecule has 0 radical (unpaired) electrons. The quantitative estimate of drug-likeness (QED) is 0.793. The molecule has 0 N–H and O–H groups in total. The minimum atomic E-state index is -2.92. The number of carbonyl (C=O) groups excluding carboxylic acids is 1. The van der Waals surface area contributed by atoms with Crippen molar-refractivity contribution in [3.63, 3.8) is 0 Å². The summed E-state index contributed by atoms with van der Waals surface area (Å²) in [7, 11) is -2.92. The van der Waals surface area contributed by atoms with Crippen LogP contribution in [0.5, 0.6) is 0 Å². The Bertz CT molecular complexity index is 426. The first-order valence-electron chi connectivity index (χ1n) is 7.45. The van der Waals surface area contributed by atoms with Gasteiger partial charge in [-0.05, 0) is 32.1 Å². The topological polar surface area (TPSA) is 54.5 Å². The fourth-order valence-electron chi connectivity index (χ4n) is 3.54. The predicted octanol–water partition coefficient (Wildman–Crippen LogP) is 1.85. The molecule has 4 nitrogen and oxygen atoms in total. The van der Waals surface area contributed by atoms with Gasteiger partial charge in [-0.3, -0.25) is 4.79 Å². The van der Waals surface area contributed by atoms with Crippen LogP contribution in [0, 0.1) is 11.8 Å². The summed E-state index contributed by atoms with van der Waals surface area (Å²) in [4.78, 5) is 14.4. The first-order valence-corrected chi connectivity index (χ1v) is 9.27. The van der Waals surface area contributed by atoms with Gasteiger partial charge in [-0.25, -0.2) is 8.42 Å². The van der Waals surface area contributed by atoms with E-state index in [1.54, 1.807) is 0 Å². The summed E-state index contributed by atoms with van der Waals surface area (Å²) in [6.07, 6.45) is 5.36. The van der Waals surface area contributed by atoms with Gasteiger partial charge in [-0.15, -0.1) is 0 Å². The molecule has 2 rings (SSSR count). The number of hydrogen-bond acceptors (Lipinski definition) is 3. The molecule has 2 fully saturated rings. The Balaban J connectivity index is 2.02. The van der Waals surface area contributed by atoms with Crippen LogP contribution < -0.4 is 0 Å². The molecule has 1 aliphatic heterocycles. The van der Waals surface area contributed by atoms with E-state index in [-0.39, 0.29) is 29.4 Å². The van der Waals surface area contributed by atoms with Crippen molar-refractivity contribution in [2.75, 3.05) is 18.1 Å². The molecule has 1 saturated heterocycles. The van der Waals surface area contributed by atoms with Crippen molar-refractivity contribution in [2.24, 2.45) is 11.8 Å². The van der Waals surface area contributed by atoms with E-state index in [2.05, 4.69) is 0 Å². The molecule has 2 unspecified atom stereocenters. The van der Waals surface area contributed by atoms with Crippen molar-refractivity contribution in [1.29, 1.82) is 0 Å². The highest BCUT2D eigenvalue weighted by Crippen LogP contribution is 2.33. The van der Waals surface area contributed by atoms with E-state index in [4.69, 9.17) is 0 Å². The zero-order valence-corrected chi connectivity index (χ0v) is 12.8. The van der Waals surface area contributed by atoms with Crippen molar-refractivity contribution in [1.82, 2.24) is 4.90 Å². The average Bonchev–Trinajstić information content (AvgIpc) is 2.98. The van der Waals surface area contributed by atoms with Crippen molar-refractivity contribution in [3.8, 4) is 0 Å². The molecule has 1 heterocycles. The highest BCUT2D eigenvalue weighted by Gasteiger charge is 2.37. The zero-order valence-electron chi connectivity index (χ0n) is 12.0. The maximum absolute atomic E-state index is 12.6. The van der Waals surface area contributed by atoms with Gasteiger partial charge in [0.25, 0.3) is 0 Å². The molecule has 110 valence electrons. The summed E-state index contributed by atoms with van der Waals surface area (Å²) in [5, 5.41) is 0. The normalized spacial score (nSPS) is 28.4. The van der Waals surface area contributed by atoms with E-state index in [1.165, 1.54) is 12.8 Å². The smallest absolute Gasteiger partial charge is 0.225 e. The van der Waals surface area contributed by atoms with Gasteiger partial charge in [0.15, 0.2) is 9.84 Å². The minimum Gasteiger partial charge on any atom is -0.339 e. The van der Waals surface area contributed by atoms with Crippen molar-refractivity contribution in [3.05, 3.63) is 0 Å². The Morgan fingerprint density at radius 1 is 1.26 bits per heavy atom. The number of sulfone groups is 1. The second-order valence-corrected chi connectivity index (χ2v) is 8.24. The maximum Gasteiger partial charge on any atom is 0.225 e. The van der Waals surface area contributed by atoms with Crippen LogP contribution in [0.4, 0.5) is 0 Å². The van der Waals surface area contributed by atoms with Crippen LogP contribution in [0.2, 0.25) is 0 Å². The van der Waals surface area contributed by atoms with Gasteiger partial charge in [0, 0.05) is 18.5 Å². The van der Waals surface area contributed by atoms with Crippen LogP contribution in [0.1, 0.15) is 46.0 Å². The van der Waals surface area contributed by atoms with E-state index in [0.717, 1.165) is 12.8 Å². The highest BCUT2D eigenvalue weighted by molar-refractivity contribution is 7.91. The van der Waals surface area contributed by atoms with Crippen LogP contribution in [0.3, 0.4) is 0 Å². The summed E-state index contributed by atoms with van der Waals surface area (Å²) in [6.45, 7) is 4.59. The molecule has 0 bridgehead atoms. The third-order valence-corrected chi connectivity index (χ3v) is 6.52. The lowest BCUT2D eigenvalue weighted by Gasteiger charge is -2.31. The Morgan fingerprint density at radius 3 is 2.37 bits per heavy atom. The molecule has 0 spiro atoms. The second-order valence-electron chi connectivity index (χ2n) is 6.01. The SMILES string of the molecule is CCN(C(=O)C(C)C1CCCC1)C1CCS(=O)(=O)C1. The van der Waals surface area contributed by atoms with E-state index in [0.29, 0.717) is 18.9 Å². The lowest BCUT2D eigenvalue weighted by Crippen LogP contribution is -2.44. The number of rotatable bonds is 4. The number of carbonyl (C=O) groups is 1. The fraction of sp³-hybridized carbons (Fsp3) is 0.929. The molecule has 0 aromatic rings. The summed E-state index contributed by atoms with van der Waals surface area (Å²) < 4.78 is 23.1. The van der Waals surface area contributed by atoms with Gasteiger partial charge in [-0.2, -0.15) is 0 Å². The lowest BCUT2D eigenvalue weighted by atomic mass is 9.91. The molecular formula is C14H25NO3S. The van der Waals surface area contributed by atoms with Crippen LogP contribution in [-0.4, -0.2) is 43.3 Å². The highest BCUT2D eigenvalue weighted by atomic mass is 32.2. The molecule has 5 heteroatoms. The summed E-state index contributed by atoms with van der Waals surface area (Å²) in [6, 6.07) is -0.0913. The lowest BCUT2D eigenvalue weighted by molar-refractivity contribution is -0.138. The summed E-state index contributed by atoms with van der Waals surface area (Å²) in [5.41, 5.74) is 0. The monoisotopic (exact) mass is 287 g/mol. The van der Waals surface area contributed by atoms with E-state index in [1.807, 2.05) is 18.7 Å². The van der Waals surface area contributed by atoms with Crippen LogP contribution >= 0.6 is 0 Å². The molecule has 1 aliphatic carbocycles. The first kappa shape index (κ1) is 14.8. The van der Waals surface area contributed by atoms with Crippen LogP contribution in [0.25, 0.3) is 0 Å². The number of amides is 1. The molecule has 1 amide bonds. The van der Waals surface area contributed by atoms with Crippen molar-refractivity contribution in [2.45, 2.75) is 52.0 Å². The molecule has 2 aliphatic rings. The van der Waals surface area contributed by atoms with E-state index >= 15 is 0 Å². The molecule has 1 saturated carbocycles. The maximum atomic E-state index is 12.6. The van der Waals surface area contributed by atoms with Gasteiger partial charge in [0.05, 0.1) is 11.5 Å². The van der Waals surface area contributed by atoms with Gasteiger partial charge in [-0.1, -0.05) is 19.8 Å². The fourth-order valence-corrected chi connectivity index (χ4v) is 5.27. The summed E-state index contributed by atoms with van der Waals surface area (Å²) in [5.74, 6) is 1.10. The Kier molecular flexibility index (Phi) is 4.54. The molecule has 0 aromatic carbocycles. The number of hydrogen-bond donors (Lipinski definition) is 0. The Labute approximate surface area is 116 Å². The van der Waals surface area contributed by atoms with Crippen molar-refractivity contribution >= 4 is 15.7 Å². The van der Waals surface area contributed by atoms with Gasteiger partial charge in [0.2, 0.25) is 5.91 Å². The Morgan fingerprint density at radius 2 is 1.89 bits per heavy atom. The van der Waals surface area contributed by atoms with Crippen LogP contribution in [0.15, 0.2) is 0 Å². The first-order chi connectivity index (χ1) is 8.94. The molecule has 0 aromatic heterocycles. The minimum absolute atomic E-state index is 0.0470. The third kappa shape index (κ3) is 3.30. The predicted molar refractivity (Wildman–Crippen MR) is 75.6 cm³/mol. The summed E-state index contributed by atoms with van der Waals surface area (Å²) >= 11 is 0. The largest absolute Gasteiger partial charge is 0.339 e. The van der Waals surface area contributed by atoms with Gasteiger partial charge >= 0.3 is 0 Å². The molecule has 19 heavy (non-hydrogen) atoms. The Hall–Kier alpha value is -0.580.